The second-order valence-corrected chi connectivity index (χ2v) is 9.34. The van der Waals surface area contributed by atoms with Gasteiger partial charge in [-0.15, -0.1) is 0 Å². The number of aryl methyl sites for hydroxylation is 1. The molecule has 3 rings (SSSR count). The SMILES string of the molecule is Cc1cccc(CCN2CCN(C(=O)Oc3ccc(NC(=S)NC(C)(C)C)cn3)CC2)n1. The van der Waals surface area contributed by atoms with Gasteiger partial charge in [0.25, 0.3) is 0 Å². The lowest BCUT2D eigenvalue weighted by Crippen LogP contribution is -2.50. The zero-order valence-electron chi connectivity index (χ0n) is 19.2. The first kappa shape index (κ1) is 23.9. The number of carbonyl (C=O) groups is 1. The molecule has 2 aromatic heterocycles. The summed E-state index contributed by atoms with van der Waals surface area (Å²) in [5, 5.41) is 6.76. The molecule has 0 radical (unpaired) electrons. The topological polar surface area (TPSA) is 82.6 Å². The van der Waals surface area contributed by atoms with E-state index in [0.29, 0.717) is 18.2 Å². The number of amides is 1. The molecule has 32 heavy (non-hydrogen) atoms. The minimum Gasteiger partial charge on any atom is -0.391 e. The van der Waals surface area contributed by atoms with Crippen molar-refractivity contribution in [3.63, 3.8) is 0 Å². The third-order valence-corrected chi connectivity index (χ3v) is 5.14. The van der Waals surface area contributed by atoms with Crippen molar-refractivity contribution < 1.29 is 9.53 Å². The minimum absolute atomic E-state index is 0.130. The molecule has 0 aliphatic carbocycles. The van der Waals surface area contributed by atoms with E-state index in [0.717, 1.165) is 43.1 Å². The highest BCUT2D eigenvalue weighted by Gasteiger charge is 2.23. The number of ether oxygens (including phenoxy) is 1. The number of carbonyl (C=O) groups excluding carboxylic acids is 1. The lowest BCUT2D eigenvalue weighted by atomic mass is 10.1. The predicted octanol–water partition coefficient (Wildman–Crippen LogP) is 3.23. The van der Waals surface area contributed by atoms with Gasteiger partial charge in [0.1, 0.15) is 0 Å². The molecule has 0 saturated carbocycles. The van der Waals surface area contributed by atoms with Gasteiger partial charge in [0.05, 0.1) is 11.9 Å². The van der Waals surface area contributed by atoms with Crippen LogP contribution in [-0.4, -0.2) is 69.2 Å². The van der Waals surface area contributed by atoms with Gasteiger partial charge < -0.3 is 20.3 Å². The number of piperazine rings is 1. The highest BCUT2D eigenvalue weighted by Crippen LogP contribution is 2.14. The third-order valence-electron chi connectivity index (χ3n) is 4.94. The molecule has 8 nitrogen and oxygen atoms in total. The van der Waals surface area contributed by atoms with Gasteiger partial charge in [-0.3, -0.25) is 9.88 Å². The average molecular weight is 457 g/mol. The van der Waals surface area contributed by atoms with E-state index in [1.807, 2.05) is 39.8 Å². The highest BCUT2D eigenvalue weighted by atomic mass is 32.1. The Hall–Kier alpha value is -2.78. The maximum atomic E-state index is 12.5. The lowest BCUT2D eigenvalue weighted by Gasteiger charge is -2.33. The van der Waals surface area contributed by atoms with Crippen LogP contribution in [0.15, 0.2) is 36.5 Å². The van der Waals surface area contributed by atoms with Gasteiger partial charge in [0.2, 0.25) is 5.88 Å². The molecule has 1 saturated heterocycles. The van der Waals surface area contributed by atoms with E-state index in [2.05, 4.69) is 31.6 Å². The van der Waals surface area contributed by atoms with Crippen molar-refractivity contribution in [3.05, 3.63) is 47.9 Å². The summed E-state index contributed by atoms with van der Waals surface area (Å²) in [4.78, 5) is 25.3. The first-order chi connectivity index (χ1) is 15.2. The van der Waals surface area contributed by atoms with Crippen molar-refractivity contribution in [3.8, 4) is 5.88 Å². The molecule has 0 unspecified atom stereocenters. The van der Waals surface area contributed by atoms with Crippen LogP contribution in [0.1, 0.15) is 32.2 Å². The van der Waals surface area contributed by atoms with E-state index in [1.165, 1.54) is 0 Å². The number of nitrogens with one attached hydrogen (secondary N) is 2. The molecule has 3 heterocycles. The number of nitrogens with zero attached hydrogens (tertiary/aromatic N) is 4. The molecule has 9 heteroatoms. The van der Waals surface area contributed by atoms with Crippen molar-refractivity contribution in [2.45, 2.75) is 39.7 Å². The zero-order chi connectivity index (χ0) is 23.1. The Balaban J connectivity index is 1.41. The number of thiocarbonyl (C=S) groups is 1. The summed E-state index contributed by atoms with van der Waals surface area (Å²) in [7, 11) is 0. The van der Waals surface area contributed by atoms with E-state index >= 15 is 0 Å². The Morgan fingerprint density at radius 1 is 1.16 bits per heavy atom. The average Bonchev–Trinajstić information content (AvgIpc) is 2.73. The molecule has 0 aromatic carbocycles. The minimum atomic E-state index is -0.372. The van der Waals surface area contributed by atoms with Crippen LogP contribution in [0.5, 0.6) is 5.88 Å². The van der Waals surface area contributed by atoms with Crippen molar-refractivity contribution in [1.29, 1.82) is 0 Å². The van der Waals surface area contributed by atoms with Crippen LogP contribution in [0.25, 0.3) is 0 Å². The number of rotatable bonds is 5. The zero-order valence-corrected chi connectivity index (χ0v) is 20.0. The molecule has 2 aromatic rings. The molecule has 172 valence electrons. The Labute approximate surface area is 195 Å². The fraction of sp³-hybridized carbons (Fsp3) is 0.478. The van der Waals surface area contributed by atoms with Crippen LogP contribution in [0, 0.1) is 6.92 Å². The van der Waals surface area contributed by atoms with Crippen LogP contribution in [-0.2, 0) is 6.42 Å². The van der Waals surface area contributed by atoms with E-state index < -0.39 is 0 Å². The standard InChI is InChI=1S/C23H32N6O2S/c1-17-6-5-7-18(25-17)10-11-28-12-14-29(15-13-28)22(30)31-20-9-8-19(16-24-20)26-21(32)27-23(2,3)4/h5-9,16H,10-15H2,1-4H3,(H2,26,27,32). The smallest absolute Gasteiger partial charge is 0.391 e. The Kier molecular flexibility index (Phi) is 7.98. The van der Waals surface area contributed by atoms with Gasteiger partial charge in [0, 0.05) is 62.1 Å². The summed E-state index contributed by atoms with van der Waals surface area (Å²) in [6, 6.07) is 9.54. The Morgan fingerprint density at radius 3 is 2.53 bits per heavy atom. The van der Waals surface area contributed by atoms with Crippen molar-refractivity contribution in [2.75, 3.05) is 38.0 Å². The molecule has 1 amide bonds. The molecular formula is C23H32N6O2S. The van der Waals surface area contributed by atoms with Crippen LogP contribution in [0.2, 0.25) is 0 Å². The number of anilines is 1. The van der Waals surface area contributed by atoms with E-state index in [-0.39, 0.29) is 17.5 Å². The largest absolute Gasteiger partial charge is 0.416 e. The summed E-state index contributed by atoms with van der Waals surface area (Å²) in [6.07, 6.45) is 2.13. The number of hydrogen-bond donors (Lipinski definition) is 2. The molecule has 1 aliphatic rings. The van der Waals surface area contributed by atoms with Gasteiger partial charge in [0.15, 0.2) is 5.11 Å². The quantitative estimate of drug-likeness (QED) is 0.664. The van der Waals surface area contributed by atoms with Crippen LogP contribution < -0.4 is 15.4 Å². The predicted molar refractivity (Wildman–Crippen MR) is 130 cm³/mol. The van der Waals surface area contributed by atoms with Crippen molar-refractivity contribution >= 4 is 29.1 Å². The number of pyridine rings is 2. The molecule has 2 N–H and O–H groups in total. The highest BCUT2D eigenvalue weighted by molar-refractivity contribution is 7.80. The maximum absolute atomic E-state index is 12.5. The van der Waals surface area contributed by atoms with Crippen molar-refractivity contribution in [1.82, 2.24) is 25.1 Å². The molecule has 0 atom stereocenters. The third kappa shape index (κ3) is 7.72. The maximum Gasteiger partial charge on any atom is 0.416 e. The molecule has 1 aliphatic heterocycles. The van der Waals surface area contributed by atoms with Crippen molar-refractivity contribution in [2.24, 2.45) is 0 Å². The number of aromatic nitrogens is 2. The summed E-state index contributed by atoms with van der Waals surface area (Å²) in [6.45, 7) is 11.9. The Morgan fingerprint density at radius 2 is 1.91 bits per heavy atom. The second-order valence-electron chi connectivity index (χ2n) is 8.93. The van der Waals surface area contributed by atoms with Crippen LogP contribution in [0.4, 0.5) is 10.5 Å². The van der Waals surface area contributed by atoms with Crippen LogP contribution >= 0.6 is 12.2 Å². The first-order valence-corrected chi connectivity index (χ1v) is 11.3. The van der Waals surface area contributed by atoms with Gasteiger partial charge in [-0.1, -0.05) is 6.07 Å². The molecule has 0 bridgehead atoms. The van der Waals surface area contributed by atoms with Gasteiger partial charge in [-0.2, -0.15) is 0 Å². The molecule has 0 spiro atoms. The van der Waals surface area contributed by atoms with Gasteiger partial charge in [-0.05, 0) is 58.1 Å². The van der Waals surface area contributed by atoms with Crippen LogP contribution in [0.3, 0.4) is 0 Å². The summed E-state index contributed by atoms with van der Waals surface area (Å²) in [5.41, 5.74) is 2.74. The second kappa shape index (κ2) is 10.7. The van der Waals surface area contributed by atoms with Gasteiger partial charge >= 0.3 is 6.09 Å². The fourth-order valence-electron chi connectivity index (χ4n) is 3.34. The monoisotopic (exact) mass is 456 g/mol. The molecule has 1 fully saturated rings. The normalized spacial score (nSPS) is 14.7. The fourth-order valence-corrected chi connectivity index (χ4v) is 3.76. The first-order valence-electron chi connectivity index (χ1n) is 10.8. The van der Waals surface area contributed by atoms with Gasteiger partial charge in [-0.25, -0.2) is 9.78 Å². The van der Waals surface area contributed by atoms with E-state index in [4.69, 9.17) is 17.0 Å². The summed E-state index contributed by atoms with van der Waals surface area (Å²) >= 11 is 5.28. The summed E-state index contributed by atoms with van der Waals surface area (Å²) in [5.74, 6) is 0.267. The van der Waals surface area contributed by atoms with E-state index in [1.54, 1.807) is 23.2 Å². The Bertz CT molecular complexity index is 921. The van der Waals surface area contributed by atoms with E-state index in [9.17, 15) is 4.79 Å². The summed E-state index contributed by atoms with van der Waals surface area (Å²) < 4.78 is 5.44. The lowest BCUT2D eigenvalue weighted by molar-refractivity contribution is 0.110. The number of hydrogen-bond acceptors (Lipinski definition) is 6. The molecular weight excluding hydrogens is 424 g/mol.